The summed E-state index contributed by atoms with van der Waals surface area (Å²) in [4.78, 5) is 18.1. The zero-order chi connectivity index (χ0) is 9.68. The lowest BCUT2D eigenvalue weighted by atomic mass is 10.4. The van der Waals surface area contributed by atoms with Crippen LogP contribution in [0, 0.1) is 0 Å². The minimum absolute atomic E-state index is 0.270. The second-order valence-corrected chi connectivity index (χ2v) is 2.47. The summed E-state index contributed by atoms with van der Waals surface area (Å²) in [7, 11) is 0. The fourth-order valence-corrected chi connectivity index (χ4v) is 0.743. The maximum atomic E-state index is 10.4. The number of carbonyl (C=O) groups is 1. The minimum Gasteiger partial charge on any atom is -0.382 e. The summed E-state index contributed by atoms with van der Waals surface area (Å²) in [5.41, 5.74) is 10.3. The minimum atomic E-state index is -0.351. The highest BCUT2D eigenvalue weighted by atomic mass is 16.1. The van der Waals surface area contributed by atoms with Gasteiger partial charge in [0.05, 0.1) is 12.4 Å². The van der Waals surface area contributed by atoms with Crippen molar-refractivity contribution in [2.75, 3.05) is 17.6 Å². The molecule has 0 atom stereocenters. The monoisotopic (exact) mass is 181 g/mol. The first-order chi connectivity index (χ1) is 6.18. The van der Waals surface area contributed by atoms with Gasteiger partial charge in [-0.2, -0.15) is 0 Å². The molecule has 0 aliphatic rings. The summed E-state index contributed by atoms with van der Waals surface area (Å²) < 4.78 is 0. The molecule has 0 saturated heterocycles. The molecule has 70 valence electrons. The SMILES string of the molecule is NC(=O)CCNc1cnc(N)cn1. The molecule has 13 heavy (non-hydrogen) atoms. The number of amides is 1. The molecule has 6 nitrogen and oxygen atoms in total. The Bertz CT molecular complexity index is 283. The van der Waals surface area contributed by atoms with Crippen molar-refractivity contribution in [1.82, 2.24) is 9.97 Å². The second-order valence-electron chi connectivity index (χ2n) is 2.47. The highest BCUT2D eigenvalue weighted by Crippen LogP contribution is 2.00. The van der Waals surface area contributed by atoms with Crippen LogP contribution in [0.5, 0.6) is 0 Å². The maximum absolute atomic E-state index is 10.4. The van der Waals surface area contributed by atoms with Crippen LogP contribution in [0.25, 0.3) is 0 Å². The molecule has 1 amide bonds. The number of anilines is 2. The lowest BCUT2D eigenvalue weighted by molar-refractivity contribution is -0.117. The number of carbonyl (C=O) groups excluding carboxylic acids is 1. The third-order valence-corrected chi connectivity index (χ3v) is 1.35. The standard InChI is InChI=1S/C7H11N5O/c8-5-3-12-7(4-11-5)10-2-1-6(9)13/h3-4H,1-2H2,(H2,8,11)(H2,9,13)(H,10,12). The fourth-order valence-electron chi connectivity index (χ4n) is 0.743. The van der Waals surface area contributed by atoms with Gasteiger partial charge in [0.25, 0.3) is 0 Å². The van der Waals surface area contributed by atoms with Crippen molar-refractivity contribution in [3.05, 3.63) is 12.4 Å². The molecule has 0 aliphatic heterocycles. The van der Waals surface area contributed by atoms with Gasteiger partial charge in [-0.05, 0) is 0 Å². The average molecular weight is 181 g/mol. The van der Waals surface area contributed by atoms with Crippen LogP contribution in [-0.4, -0.2) is 22.4 Å². The van der Waals surface area contributed by atoms with Gasteiger partial charge in [-0.15, -0.1) is 0 Å². The molecule has 0 spiro atoms. The molecular formula is C7H11N5O. The van der Waals surface area contributed by atoms with Crippen LogP contribution in [0.3, 0.4) is 0 Å². The van der Waals surface area contributed by atoms with Gasteiger partial charge in [-0.3, -0.25) is 4.79 Å². The highest BCUT2D eigenvalue weighted by Gasteiger charge is 1.95. The lowest BCUT2D eigenvalue weighted by Gasteiger charge is -2.02. The number of nitrogens with two attached hydrogens (primary N) is 2. The molecule has 0 saturated carbocycles. The molecule has 1 aromatic heterocycles. The fraction of sp³-hybridized carbons (Fsp3) is 0.286. The van der Waals surface area contributed by atoms with E-state index < -0.39 is 0 Å². The Morgan fingerprint density at radius 3 is 2.77 bits per heavy atom. The number of primary amides is 1. The van der Waals surface area contributed by atoms with Crippen molar-refractivity contribution in [3.8, 4) is 0 Å². The number of nitrogens with zero attached hydrogens (tertiary/aromatic N) is 2. The van der Waals surface area contributed by atoms with E-state index >= 15 is 0 Å². The predicted octanol–water partition coefficient (Wildman–Crippen LogP) is -0.654. The first-order valence-electron chi connectivity index (χ1n) is 3.78. The van der Waals surface area contributed by atoms with E-state index in [1.165, 1.54) is 12.4 Å². The van der Waals surface area contributed by atoms with Gasteiger partial charge in [-0.25, -0.2) is 9.97 Å². The Morgan fingerprint density at radius 1 is 1.46 bits per heavy atom. The van der Waals surface area contributed by atoms with Crippen molar-refractivity contribution in [1.29, 1.82) is 0 Å². The van der Waals surface area contributed by atoms with E-state index in [0.29, 0.717) is 18.2 Å². The van der Waals surface area contributed by atoms with E-state index in [1.807, 2.05) is 0 Å². The van der Waals surface area contributed by atoms with E-state index in [1.54, 1.807) is 0 Å². The summed E-state index contributed by atoms with van der Waals surface area (Å²) >= 11 is 0. The van der Waals surface area contributed by atoms with E-state index in [9.17, 15) is 4.79 Å². The smallest absolute Gasteiger partial charge is 0.219 e. The van der Waals surface area contributed by atoms with Crippen LogP contribution in [0.1, 0.15) is 6.42 Å². The quantitative estimate of drug-likeness (QED) is 0.572. The normalized spacial score (nSPS) is 9.54. The van der Waals surface area contributed by atoms with Gasteiger partial charge in [0, 0.05) is 13.0 Å². The summed E-state index contributed by atoms with van der Waals surface area (Å²) in [5, 5.41) is 2.87. The lowest BCUT2D eigenvalue weighted by Crippen LogP contribution is -2.16. The van der Waals surface area contributed by atoms with Crippen LogP contribution < -0.4 is 16.8 Å². The van der Waals surface area contributed by atoms with Gasteiger partial charge < -0.3 is 16.8 Å². The Balaban J connectivity index is 2.37. The van der Waals surface area contributed by atoms with Crippen LogP contribution in [0.2, 0.25) is 0 Å². The van der Waals surface area contributed by atoms with Crippen molar-refractivity contribution in [3.63, 3.8) is 0 Å². The molecule has 1 aromatic rings. The second kappa shape index (κ2) is 4.24. The topological polar surface area (TPSA) is 107 Å². The summed E-state index contributed by atoms with van der Waals surface area (Å²) in [6, 6.07) is 0. The Labute approximate surface area is 75.4 Å². The Morgan fingerprint density at radius 2 is 2.23 bits per heavy atom. The third kappa shape index (κ3) is 3.37. The molecule has 0 radical (unpaired) electrons. The average Bonchev–Trinajstić information content (AvgIpc) is 2.08. The molecule has 0 aromatic carbocycles. The molecule has 6 heteroatoms. The third-order valence-electron chi connectivity index (χ3n) is 1.35. The van der Waals surface area contributed by atoms with Gasteiger partial charge in [-0.1, -0.05) is 0 Å². The molecule has 0 bridgehead atoms. The van der Waals surface area contributed by atoms with Crippen molar-refractivity contribution in [2.24, 2.45) is 5.73 Å². The van der Waals surface area contributed by atoms with Crippen molar-refractivity contribution < 1.29 is 4.79 Å². The Hall–Kier alpha value is -1.85. The highest BCUT2D eigenvalue weighted by molar-refractivity contribution is 5.74. The van der Waals surface area contributed by atoms with E-state index in [0.717, 1.165) is 0 Å². The van der Waals surface area contributed by atoms with Crippen LogP contribution >= 0.6 is 0 Å². The zero-order valence-electron chi connectivity index (χ0n) is 7.03. The van der Waals surface area contributed by atoms with Gasteiger partial charge >= 0.3 is 0 Å². The summed E-state index contributed by atoms with van der Waals surface area (Å²) in [5.74, 6) is 0.590. The molecule has 0 fully saturated rings. The number of rotatable bonds is 4. The number of hydrogen-bond donors (Lipinski definition) is 3. The summed E-state index contributed by atoms with van der Waals surface area (Å²) in [6.07, 6.45) is 3.20. The number of nitrogens with one attached hydrogen (secondary N) is 1. The van der Waals surface area contributed by atoms with Crippen LogP contribution in [0.15, 0.2) is 12.4 Å². The first kappa shape index (κ1) is 9.24. The van der Waals surface area contributed by atoms with E-state index in [4.69, 9.17) is 11.5 Å². The van der Waals surface area contributed by atoms with E-state index in [2.05, 4.69) is 15.3 Å². The molecule has 1 rings (SSSR count). The van der Waals surface area contributed by atoms with Crippen LogP contribution in [-0.2, 0) is 4.79 Å². The van der Waals surface area contributed by atoms with E-state index in [-0.39, 0.29) is 12.3 Å². The Kier molecular flexibility index (Phi) is 3.02. The van der Waals surface area contributed by atoms with Crippen LogP contribution in [0.4, 0.5) is 11.6 Å². The number of aromatic nitrogens is 2. The maximum Gasteiger partial charge on any atom is 0.219 e. The van der Waals surface area contributed by atoms with Gasteiger partial charge in [0.15, 0.2) is 0 Å². The first-order valence-corrected chi connectivity index (χ1v) is 3.78. The number of hydrogen-bond acceptors (Lipinski definition) is 5. The van der Waals surface area contributed by atoms with Gasteiger partial charge in [0.2, 0.25) is 5.91 Å². The molecule has 5 N–H and O–H groups in total. The zero-order valence-corrected chi connectivity index (χ0v) is 7.03. The van der Waals surface area contributed by atoms with Crippen molar-refractivity contribution in [2.45, 2.75) is 6.42 Å². The largest absolute Gasteiger partial charge is 0.382 e. The molecule has 1 heterocycles. The molecule has 0 unspecified atom stereocenters. The molecule has 0 aliphatic carbocycles. The van der Waals surface area contributed by atoms with Crippen molar-refractivity contribution >= 4 is 17.5 Å². The molecular weight excluding hydrogens is 170 g/mol. The number of nitrogen functional groups attached to an aromatic ring is 1. The van der Waals surface area contributed by atoms with Gasteiger partial charge in [0.1, 0.15) is 11.6 Å². The summed E-state index contributed by atoms with van der Waals surface area (Å²) in [6.45, 7) is 0.452. The predicted molar refractivity (Wildman–Crippen MR) is 48.7 cm³/mol.